The van der Waals surface area contributed by atoms with E-state index in [1.165, 1.54) is 47.6 Å². The third-order valence-corrected chi connectivity index (χ3v) is 12.9. The Hall–Kier alpha value is -3.21. The number of ether oxygens (including phenoxy) is 3. The first-order chi connectivity index (χ1) is 22.8. The minimum Gasteiger partial charge on any atom is -0.497 e. The predicted molar refractivity (Wildman–Crippen MR) is 185 cm³/mol. The zero-order valence-electron chi connectivity index (χ0n) is 27.9. The number of amides is 1. The van der Waals surface area contributed by atoms with E-state index in [1.807, 2.05) is 13.8 Å². The molecule has 264 valence electrons. The largest absolute Gasteiger partial charge is 0.497 e. The highest BCUT2D eigenvalue weighted by Crippen LogP contribution is 2.30. The molecule has 0 saturated carbocycles. The first-order valence-electron chi connectivity index (χ1n) is 15.8. The molecule has 2 N–H and O–H groups in total. The van der Waals surface area contributed by atoms with Crippen LogP contribution in [-0.2, 0) is 24.8 Å². The number of hydrogen-bond acceptors (Lipinski definition) is 10. The van der Waals surface area contributed by atoms with Gasteiger partial charge in [0.25, 0.3) is 15.9 Å². The highest BCUT2D eigenvalue weighted by atomic mass is 32.2. The lowest BCUT2D eigenvalue weighted by atomic mass is 10.0. The van der Waals surface area contributed by atoms with Gasteiger partial charge in [0.2, 0.25) is 10.0 Å². The summed E-state index contributed by atoms with van der Waals surface area (Å²) in [5.74, 6) is -0.0128. The molecule has 15 heteroatoms. The Bertz CT molecular complexity index is 1720. The quantitative estimate of drug-likeness (QED) is 0.304. The van der Waals surface area contributed by atoms with Crippen LogP contribution in [0.2, 0.25) is 0 Å². The highest BCUT2D eigenvalue weighted by Gasteiger charge is 2.32. The number of benzene rings is 2. The molecular formula is C33H45N3O9S3. The van der Waals surface area contributed by atoms with Gasteiger partial charge in [0.15, 0.2) is 0 Å². The number of carbonyl (C=O) groups excluding carboxylic acids is 1. The summed E-state index contributed by atoms with van der Waals surface area (Å²) in [4.78, 5) is 15.9. The molecule has 2 heterocycles. The van der Waals surface area contributed by atoms with Crippen molar-refractivity contribution in [2.45, 2.75) is 67.4 Å². The standard InChI is InChI=1S/C33H45N3O9S3/c1-23-20-36(24(2)22-37)33(38)29-19-26(34-47(39,40)32-10-8-18-46-32)11-16-30(29)45-25(3)9-6-7-17-44-31(23)21-35(4)48(41,42)28-14-12-27(43-5)13-15-28/h8,10-16,18-19,23-25,31,34,37H,6-7,9,17,20-22H2,1-5H3/t23-,24-,25+,31-/m1/s1. The Balaban J connectivity index is 1.66. The molecule has 48 heavy (non-hydrogen) atoms. The van der Waals surface area contributed by atoms with Crippen LogP contribution in [0.5, 0.6) is 11.5 Å². The molecule has 0 spiro atoms. The summed E-state index contributed by atoms with van der Waals surface area (Å²) in [6.45, 7) is 5.65. The van der Waals surface area contributed by atoms with Crippen molar-refractivity contribution in [2.24, 2.45) is 5.92 Å². The van der Waals surface area contributed by atoms with Gasteiger partial charge in [-0.2, -0.15) is 4.31 Å². The van der Waals surface area contributed by atoms with Crippen LogP contribution in [0.1, 0.15) is 50.4 Å². The van der Waals surface area contributed by atoms with Crippen molar-refractivity contribution in [3.63, 3.8) is 0 Å². The molecule has 0 unspecified atom stereocenters. The smallest absolute Gasteiger partial charge is 0.271 e. The number of aliphatic hydroxyl groups is 1. The second kappa shape index (κ2) is 16.5. The molecular weight excluding hydrogens is 679 g/mol. The van der Waals surface area contributed by atoms with E-state index in [1.54, 1.807) is 42.6 Å². The van der Waals surface area contributed by atoms with Gasteiger partial charge >= 0.3 is 0 Å². The lowest BCUT2D eigenvalue weighted by Gasteiger charge is -2.35. The van der Waals surface area contributed by atoms with E-state index in [-0.39, 0.29) is 52.1 Å². The number of hydrogen-bond donors (Lipinski definition) is 2. The maximum atomic E-state index is 14.3. The van der Waals surface area contributed by atoms with Crippen LogP contribution < -0.4 is 14.2 Å². The average Bonchev–Trinajstić information content (AvgIpc) is 3.62. The zero-order chi connectivity index (χ0) is 35.1. The van der Waals surface area contributed by atoms with E-state index in [2.05, 4.69) is 4.72 Å². The second-order valence-electron chi connectivity index (χ2n) is 12.0. The van der Waals surface area contributed by atoms with Crippen LogP contribution >= 0.6 is 11.3 Å². The molecule has 1 aliphatic heterocycles. The summed E-state index contributed by atoms with van der Waals surface area (Å²) >= 11 is 1.08. The van der Waals surface area contributed by atoms with Crippen molar-refractivity contribution in [3.8, 4) is 11.5 Å². The Kier molecular flexibility index (Phi) is 12.9. The van der Waals surface area contributed by atoms with Gasteiger partial charge in [0, 0.05) is 38.3 Å². The number of carbonyl (C=O) groups is 1. The van der Waals surface area contributed by atoms with Gasteiger partial charge in [0.05, 0.1) is 42.4 Å². The van der Waals surface area contributed by atoms with Gasteiger partial charge < -0.3 is 24.2 Å². The average molecular weight is 724 g/mol. The Morgan fingerprint density at radius 2 is 1.83 bits per heavy atom. The number of thiophene rings is 1. The molecule has 0 bridgehead atoms. The van der Waals surface area contributed by atoms with Crippen molar-refractivity contribution in [3.05, 3.63) is 65.5 Å². The fourth-order valence-corrected chi connectivity index (χ4v) is 8.58. The highest BCUT2D eigenvalue weighted by molar-refractivity contribution is 7.94. The summed E-state index contributed by atoms with van der Waals surface area (Å²) in [6, 6.07) is 13.2. The monoisotopic (exact) mass is 723 g/mol. The molecule has 0 radical (unpaired) electrons. The van der Waals surface area contributed by atoms with Crippen LogP contribution in [0.3, 0.4) is 0 Å². The van der Waals surface area contributed by atoms with Gasteiger partial charge in [-0.3, -0.25) is 9.52 Å². The minimum atomic E-state index is -3.89. The van der Waals surface area contributed by atoms with Gasteiger partial charge in [-0.25, -0.2) is 16.8 Å². The normalized spacial score (nSPS) is 20.8. The molecule has 1 aromatic heterocycles. The van der Waals surface area contributed by atoms with E-state index < -0.39 is 38.1 Å². The summed E-state index contributed by atoms with van der Waals surface area (Å²) in [5.41, 5.74) is 0.318. The first kappa shape index (κ1) is 37.6. The van der Waals surface area contributed by atoms with Crippen LogP contribution in [0.4, 0.5) is 5.69 Å². The van der Waals surface area contributed by atoms with Crippen molar-refractivity contribution >= 4 is 43.0 Å². The number of nitrogens with zero attached hydrogens (tertiary/aromatic N) is 2. The van der Waals surface area contributed by atoms with Gasteiger partial charge in [0.1, 0.15) is 15.7 Å². The third kappa shape index (κ3) is 9.27. The molecule has 1 aliphatic rings. The van der Waals surface area contributed by atoms with E-state index in [4.69, 9.17) is 14.2 Å². The SMILES string of the molecule is COc1ccc(S(=O)(=O)N(C)C[C@H]2OCCCC[C@H](C)Oc3ccc(NS(=O)(=O)c4cccs4)cc3C(=O)N([C@H](C)CO)C[C@H]2C)cc1. The fourth-order valence-electron chi connectivity index (χ4n) is 5.35. The number of rotatable bonds is 10. The first-order valence-corrected chi connectivity index (χ1v) is 19.6. The van der Waals surface area contributed by atoms with Crippen molar-refractivity contribution < 1.29 is 40.9 Å². The maximum absolute atomic E-state index is 14.3. The number of anilines is 1. The molecule has 12 nitrogen and oxygen atoms in total. The molecule has 1 amide bonds. The topological polar surface area (TPSA) is 152 Å². The molecule has 4 rings (SSSR count). The van der Waals surface area contributed by atoms with Crippen molar-refractivity contribution in [1.82, 2.24) is 9.21 Å². The van der Waals surface area contributed by atoms with Crippen LogP contribution in [0.25, 0.3) is 0 Å². The fraction of sp³-hybridized carbons (Fsp3) is 0.485. The Labute approximate surface area is 287 Å². The lowest BCUT2D eigenvalue weighted by molar-refractivity contribution is -0.00833. The Morgan fingerprint density at radius 1 is 1.10 bits per heavy atom. The van der Waals surface area contributed by atoms with Gasteiger partial charge in [-0.1, -0.05) is 13.0 Å². The van der Waals surface area contributed by atoms with E-state index in [0.29, 0.717) is 30.9 Å². The maximum Gasteiger partial charge on any atom is 0.271 e. The van der Waals surface area contributed by atoms with Gasteiger partial charge in [-0.05, 0) is 87.0 Å². The number of fused-ring (bicyclic) bond motifs is 1. The van der Waals surface area contributed by atoms with E-state index in [0.717, 1.165) is 17.8 Å². The molecule has 0 aliphatic carbocycles. The summed E-state index contributed by atoms with van der Waals surface area (Å²) < 4.78 is 74.6. The van der Waals surface area contributed by atoms with Gasteiger partial charge in [-0.15, -0.1) is 11.3 Å². The van der Waals surface area contributed by atoms with Crippen LogP contribution in [0.15, 0.2) is 69.1 Å². The van der Waals surface area contributed by atoms with E-state index in [9.17, 15) is 26.7 Å². The lowest BCUT2D eigenvalue weighted by Crippen LogP contribution is -2.48. The van der Waals surface area contributed by atoms with Crippen LogP contribution in [0, 0.1) is 5.92 Å². The summed E-state index contributed by atoms with van der Waals surface area (Å²) in [7, 11) is -4.76. The number of nitrogens with one attached hydrogen (secondary N) is 1. The number of sulfonamides is 2. The zero-order valence-corrected chi connectivity index (χ0v) is 30.3. The summed E-state index contributed by atoms with van der Waals surface area (Å²) in [6.07, 6.45) is 1.26. The van der Waals surface area contributed by atoms with Crippen molar-refractivity contribution in [2.75, 3.05) is 45.2 Å². The molecule has 0 saturated heterocycles. The molecule has 0 fully saturated rings. The second-order valence-corrected chi connectivity index (χ2v) is 16.9. The summed E-state index contributed by atoms with van der Waals surface area (Å²) in [5, 5.41) is 11.9. The predicted octanol–water partition coefficient (Wildman–Crippen LogP) is 4.67. The number of likely N-dealkylation sites (N-methyl/N-ethyl adjacent to an activating group) is 1. The molecule has 2 aromatic carbocycles. The number of aliphatic hydroxyl groups excluding tert-OH is 1. The molecule has 3 aromatic rings. The van der Waals surface area contributed by atoms with E-state index >= 15 is 0 Å². The molecule has 4 atom stereocenters. The third-order valence-electron chi connectivity index (χ3n) is 8.27. The van der Waals surface area contributed by atoms with Crippen LogP contribution in [-0.4, -0.2) is 95.8 Å². The number of methoxy groups -OCH3 is 1. The minimum absolute atomic E-state index is 0.0236. The van der Waals surface area contributed by atoms with Crippen molar-refractivity contribution in [1.29, 1.82) is 0 Å². The Morgan fingerprint density at radius 3 is 2.48 bits per heavy atom.